The monoisotopic (exact) mass is 293 g/mol. The van der Waals surface area contributed by atoms with Gasteiger partial charge in [0, 0.05) is 6.04 Å². The molecule has 1 fully saturated rings. The first-order valence-electron chi connectivity index (χ1n) is 7.58. The number of allylic oxidation sites excluding steroid dienone is 2. The van der Waals surface area contributed by atoms with Gasteiger partial charge >= 0.3 is 6.61 Å². The normalized spacial score (nSPS) is 28.3. The van der Waals surface area contributed by atoms with Crippen LogP contribution in [0.3, 0.4) is 0 Å². The van der Waals surface area contributed by atoms with Crippen LogP contribution in [0.5, 0.6) is 5.75 Å². The van der Waals surface area contributed by atoms with Crippen molar-refractivity contribution in [2.45, 2.75) is 32.4 Å². The molecular weight excluding hydrogens is 272 g/mol. The van der Waals surface area contributed by atoms with Crippen LogP contribution in [0.15, 0.2) is 36.4 Å². The molecule has 1 aromatic carbocycles. The van der Waals surface area contributed by atoms with Gasteiger partial charge in [0.05, 0.1) is 0 Å². The molecule has 0 spiro atoms. The van der Waals surface area contributed by atoms with Crippen molar-refractivity contribution in [1.29, 1.82) is 0 Å². The van der Waals surface area contributed by atoms with Crippen molar-refractivity contribution in [2.75, 3.05) is 6.54 Å². The quantitative estimate of drug-likeness (QED) is 0.796. The predicted octanol–water partition coefficient (Wildman–Crippen LogP) is 4.15. The lowest BCUT2D eigenvalue weighted by atomic mass is 9.93. The summed E-state index contributed by atoms with van der Waals surface area (Å²) >= 11 is 0. The molecule has 0 aromatic heterocycles. The second kappa shape index (κ2) is 6.14. The highest BCUT2D eigenvalue weighted by Crippen LogP contribution is 2.43. The van der Waals surface area contributed by atoms with Gasteiger partial charge in [-0.15, -0.1) is 0 Å². The molecule has 4 atom stereocenters. The van der Waals surface area contributed by atoms with Crippen LogP contribution in [0, 0.1) is 17.8 Å². The van der Waals surface area contributed by atoms with E-state index >= 15 is 0 Å². The van der Waals surface area contributed by atoms with Crippen LogP contribution < -0.4 is 10.1 Å². The molecule has 0 amide bonds. The number of halogens is 2. The minimum Gasteiger partial charge on any atom is -0.435 e. The van der Waals surface area contributed by atoms with Crippen LogP contribution in [0.2, 0.25) is 0 Å². The van der Waals surface area contributed by atoms with Gasteiger partial charge in [0.2, 0.25) is 0 Å². The van der Waals surface area contributed by atoms with E-state index in [-0.39, 0.29) is 11.8 Å². The van der Waals surface area contributed by atoms with Gasteiger partial charge < -0.3 is 10.1 Å². The number of alkyl halides is 2. The van der Waals surface area contributed by atoms with Crippen LogP contribution >= 0.6 is 0 Å². The van der Waals surface area contributed by atoms with Crippen molar-refractivity contribution < 1.29 is 13.5 Å². The predicted molar refractivity (Wildman–Crippen MR) is 78.3 cm³/mol. The van der Waals surface area contributed by atoms with Crippen LogP contribution in [-0.2, 0) is 0 Å². The summed E-state index contributed by atoms with van der Waals surface area (Å²) in [6.45, 7) is 0.265. The van der Waals surface area contributed by atoms with Crippen molar-refractivity contribution in [3.63, 3.8) is 0 Å². The fourth-order valence-electron chi connectivity index (χ4n) is 3.54. The van der Waals surface area contributed by atoms with Crippen molar-refractivity contribution in [3.8, 4) is 5.75 Å². The van der Waals surface area contributed by atoms with Gasteiger partial charge in [-0.25, -0.2) is 0 Å². The van der Waals surface area contributed by atoms with E-state index in [4.69, 9.17) is 0 Å². The summed E-state index contributed by atoms with van der Waals surface area (Å²) in [5.41, 5.74) is 0.979. The van der Waals surface area contributed by atoms with Gasteiger partial charge in [0.15, 0.2) is 0 Å². The first-order chi connectivity index (χ1) is 10.1. The number of benzene rings is 1. The minimum atomic E-state index is -2.77. The highest BCUT2D eigenvalue weighted by Gasteiger charge is 2.35. The van der Waals surface area contributed by atoms with Crippen LogP contribution in [0.25, 0.3) is 0 Å². The largest absolute Gasteiger partial charge is 0.435 e. The molecule has 0 radical (unpaired) electrons. The topological polar surface area (TPSA) is 21.3 Å². The maximum atomic E-state index is 12.2. The Morgan fingerprint density at radius 2 is 2.14 bits per heavy atom. The Labute approximate surface area is 124 Å². The second-order valence-corrected chi connectivity index (χ2v) is 6.12. The summed E-state index contributed by atoms with van der Waals surface area (Å²) in [5.74, 6) is 2.44. The van der Waals surface area contributed by atoms with Crippen LogP contribution in [-0.4, -0.2) is 13.2 Å². The number of ether oxygens (including phenoxy) is 1. The average Bonchev–Trinajstić information content (AvgIpc) is 3.06. The molecule has 3 rings (SSSR count). The number of rotatable bonds is 6. The highest BCUT2D eigenvalue weighted by molar-refractivity contribution is 5.30. The smallest absolute Gasteiger partial charge is 0.387 e. The summed E-state index contributed by atoms with van der Waals surface area (Å²) < 4.78 is 28.9. The van der Waals surface area contributed by atoms with E-state index < -0.39 is 6.61 Å². The van der Waals surface area contributed by atoms with E-state index in [0.717, 1.165) is 23.9 Å². The van der Waals surface area contributed by atoms with Crippen molar-refractivity contribution in [3.05, 3.63) is 42.0 Å². The summed E-state index contributed by atoms with van der Waals surface area (Å²) in [4.78, 5) is 0. The third kappa shape index (κ3) is 3.43. The van der Waals surface area contributed by atoms with E-state index in [1.807, 2.05) is 6.07 Å². The van der Waals surface area contributed by atoms with Crippen molar-refractivity contribution in [2.24, 2.45) is 17.8 Å². The lowest BCUT2D eigenvalue weighted by molar-refractivity contribution is -0.0499. The molecule has 2 aliphatic carbocycles. The zero-order chi connectivity index (χ0) is 14.8. The molecule has 1 saturated carbocycles. The summed E-state index contributed by atoms with van der Waals surface area (Å²) in [6.07, 6.45) is 7.27. The van der Waals surface area contributed by atoms with Crippen molar-refractivity contribution >= 4 is 0 Å². The standard InChI is InChI=1S/C17H21F2NO/c1-11(13-3-2-4-16(9-13)21-17(18)19)20-10-15-8-12-5-6-14(15)7-12/h2-6,9,11-12,14-15,17,20H,7-8,10H2,1H3. The van der Waals surface area contributed by atoms with E-state index in [1.54, 1.807) is 18.2 Å². The lowest BCUT2D eigenvalue weighted by Crippen LogP contribution is -2.27. The fraction of sp³-hybridized carbons (Fsp3) is 0.529. The van der Waals surface area contributed by atoms with Gasteiger partial charge in [0.1, 0.15) is 5.75 Å². The maximum Gasteiger partial charge on any atom is 0.387 e. The Hall–Kier alpha value is -1.42. The Morgan fingerprint density at radius 1 is 1.29 bits per heavy atom. The van der Waals surface area contributed by atoms with Gasteiger partial charge in [-0.05, 0) is 61.8 Å². The Kier molecular flexibility index (Phi) is 4.24. The number of hydrogen-bond acceptors (Lipinski definition) is 2. The first kappa shape index (κ1) is 14.5. The lowest BCUT2D eigenvalue weighted by Gasteiger charge is -2.22. The molecule has 114 valence electrons. The Balaban J connectivity index is 1.55. The molecular formula is C17H21F2NO. The average molecular weight is 293 g/mol. The first-order valence-corrected chi connectivity index (χ1v) is 7.58. The summed E-state index contributed by atoms with van der Waals surface area (Å²) in [5, 5.41) is 3.53. The minimum absolute atomic E-state index is 0.134. The molecule has 4 unspecified atom stereocenters. The van der Waals surface area contributed by atoms with Gasteiger partial charge in [-0.2, -0.15) is 8.78 Å². The molecule has 0 heterocycles. The van der Waals surface area contributed by atoms with Gasteiger partial charge in [-0.1, -0.05) is 24.3 Å². The number of fused-ring (bicyclic) bond motifs is 2. The van der Waals surface area contributed by atoms with Crippen LogP contribution in [0.4, 0.5) is 8.78 Å². The van der Waals surface area contributed by atoms with E-state index in [2.05, 4.69) is 29.1 Å². The summed E-state index contributed by atoms with van der Waals surface area (Å²) in [7, 11) is 0. The molecule has 1 aromatic rings. The zero-order valence-corrected chi connectivity index (χ0v) is 12.1. The second-order valence-electron chi connectivity index (χ2n) is 6.12. The summed E-state index contributed by atoms with van der Waals surface area (Å²) in [6, 6.07) is 7.07. The Bertz CT molecular complexity index is 517. The number of nitrogens with one attached hydrogen (secondary N) is 1. The zero-order valence-electron chi connectivity index (χ0n) is 12.1. The van der Waals surface area contributed by atoms with E-state index in [9.17, 15) is 8.78 Å². The van der Waals surface area contributed by atoms with Gasteiger partial charge in [-0.3, -0.25) is 0 Å². The van der Waals surface area contributed by atoms with Gasteiger partial charge in [0.25, 0.3) is 0 Å². The molecule has 0 aliphatic heterocycles. The third-order valence-electron chi connectivity index (χ3n) is 4.69. The highest BCUT2D eigenvalue weighted by atomic mass is 19.3. The maximum absolute atomic E-state index is 12.2. The Morgan fingerprint density at radius 3 is 2.81 bits per heavy atom. The van der Waals surface area contributed by atoms with Crippen molar-refractivity contribution in [1.82, 2.24) is 5.32 Å². The molecule has 2 bridgehead atoms. The molecule has 4 heteroatoms. The SMILES string of the molecule is CC(NCC1CC2C=CC1C2)c1cccc(OC(F)F)c1. The van der Waals surface area contributed by atoms with Crippen LogP contribution in [0.1, 0.15) is 31.4 Å². The molecule has 2 aliphatic rings. The molecule has 0 saturated heterocycles. The van der Waals surface area contributed by atoms with E-state index in [1.165, 1.54) is 12.8 Å². The third-order valence-corrected chi connectivity index (χ3v) is 4.69. The van der Waals surface area contributed by atoms with E-state index in [0.29, 0.717) is 5.92 Å². The number of hydrogen-bond donors (Lipinski definition) is 1. The molecule has 1 N–H and O–H groups in total. The molecule has 2 nitrogen and oxygen atoms in total. The molecule has 21 heavy (non-hydrogen) atoms. The fourth-order valence-corrected chi connectivity index (χ4v) is 3.54.